The van der Waals surface area contributed by atoms with Crippen molar-refractivity contribution in [1.82, 2.24) is 5.32 Å². The lowest BCUT2D eigenvalue weighted by Gasteiger charge is -2.20. The molecule has 0 saturated heterocycles. The molecule has 0 aliphatic heterocycles. The number of benzene rings is 1. The van der Waals surface area contributed by atoms with Gasteiger partial charge in [-0.25, -0.2) is 9.59 Å². The van der Waals surface area contributed by atoms with Crippen molar-refractivity contribution in [2.45, 2.75) is 39.3 Å². The van der Waals surface area contributed by atoms with E-state index in [0.717, 1.165) is 0 Å². The lowest BCUT2D eigenvalue weighted by molar-refractivity contribution is -0.137. The predicted octanol–water partition coefficient (Wildman–Crippen LogP) is 2.11. The number of methoxy groups -OCH3 is 2. The van der Waals surface area contributed by atoms with Crippen LogP contribution in [0.2, 0.25) is 0 Å². The predicted molar refractivity (Wildman–Crippen MR) is 90.4 cm³/mol. The van der Waals surface area contributed by atoms with E-state index < -0.39 is 17.7 Å². The fourth-order valence-electron chi connectivity index (χ4n) is 2.02. The Kier molecular flexibility index (Phi) is 7.14. The summed E-state index contributed by atoms with van der Waals surface area (Å²) in [4.78, 5) is 26.2. The fraction of sp³-hybridized carbons (Fsp3) is 0.471. The van der Waals surface area contributed by atoms with Gasteiger partial charge in [-0.1, -0.05) is 6.07 Å². The molecule has 0 aliphatic carbocycles. The number of hydrogen-bond acceptors (Lipinski definition) is 5. The lowest BCUT2D eigenvalue weighted by atomic mass is 10.0. The average molecular weight is 349 g/mol. The molecule has 0 aliphatic rings. The SMILES string of the molecule is COC(=O)C(Cc1ccc(OC)c(CNC(=O)OC(C)(C)C)c1)=[N+]=[N-]. The Balaban J connectivity index is 2.90. The maximum Gasteiger partial charge on any atom is 0.416 e. The van der Waals surface area contributed by atoms with Crippen molar-refractivity contribution in [2.75, 3.05) is 14.2 Å². The first-order valence-corrected chi connectivity index (χ1v) is 7.62. The zero-order chi connectivity index (χ0) is 19.0. The Morgan fingerprint density at radius 2 is 1.92 bits per heavy atom. The minimum absolute atomic E-state index is 0.0760. The molecule has 0 radical (unpaired) electrons. The summed E-state index contributed by atoms with van der Waals surface area (Å²) in [5, 5.41) is 2.65. The molecule has 1 amide bonds. The molecule has 0 atom stereocenters. The molecule has 1 aromatic rings. The normalized spacial score (nSPS) is 10.4. The number of carbonyl (C=O) groups excluding carboxylic acids is 2. The van der Waals surface area contributed by atoms with Gasteiger partial charge in [0.2, 0.25) is 0 Å². The van der Waals surface area contributed by atoms with Crippen molar-refractivity contribution in [3.8, 4) is 5.75 Å². The van der Waals surface area contributed by atoms with E-state index in [0.29, 0.717) is 16.9 Å². The second-order valence-electron chi connectivity index (χ2n) is 6.22. The van der Waals surface area contributed by atoms with Gasteiger partial charge in [0.15, 0.2) is 0 Å². The maximum atomic E-state index is 11.8. The van der Waals surface area contributed by atoms with E-state index in [9.17, 15) is 9.59 Å². The van der Waals surface area contributed by atoms with Gasteiger partial charge in [-0.05, 0) is 38.5 Å². The molecule has 8 heteroatoms. The first-order chi connectivity index (χ1) is 11.7. The van der Waals surface area contributed by atoms with Crippen LogP contribution in [0.5, 0.6) is 5.75 Å². The number of amides is 1. The van der Waals surface area contributed by atoms with E-state index in [4.69, 9.17) is 15.0 Å². The van der Waals surface area contributed by atoms with Crippen LogP contribution in [0.25, 0.3) is 5.53 Å². The van der Waals surface area contributed by atoms with Crippen molar-refractivity contribution in [1.29, 1.82) is 0 Å². The van der Waals surface area contributed by atoms with Crippen LogP contribution < -0.4 is 10.1 Å². The van der Waals surface area contributed by atoms with Gasteiger partial charge in [-0.15, -0.1) is 0 Å². The van der Waals surface area contributed by atoms with Gasteiger partial charge in [0, 0.05) is 12.1 Å². The fourth-order valence-corrected chi connectivity index (χ4v) is 2.02. The summed E-state index contributed by atoms with van der Waals surface area (Å²) < 4.78 is 15.0. The molecule has 0 fully saturated rings. The quantitative estimate of drug-likeness (QED) is 0.366. The molecular formula is C17H23N3O5. The third-order valence-electron chi connectivity index (χ3n) is 3.08. The molecule has 0 saturated carbocycles. The number of carbonyl (C=O) groups is 2. The first kappa shape index (κ1) is 20.2. The Morgan fingerprint density at radius 1 is 1.24 bits per heavy atom. The summed E-state index contributed by atoms with van der Waals surface area (Å²) in [6.07, 6.45) is -0.473. The highest BCUT2D eigenvalue weighted by Gasteiger charge is 2.22. The average Bonchev–Trinajstić information content (AvgIpc) is 2.55. The summed E-state index contributed by atoms with van der Waals surface area (Å²) >= 11 is 0. The molecule has 0 heterocycles. The van der Waals surface area contributed by atoms with Crippen molar-refractivity contribution < 1.29 is 28.6 Å². The van der Waals surface area contributed by atoms with Crippen molar-refractivity contribution in [3.05, 3.63) is 34.9 Å². The second-order valence-corrected chi connectivity index (χ2v) is 6.22. The summed E-state index contributed by atoms with van der Waals surface area (Å²) in [5.41, 5.74) is 9.59. The number of hydrogen-bond donors (Lipinski definition) is 1. The molecule has 0 bridgehead atoms. The standard InChI is InChI=1S/C17H23N3O5/c1-17(2,3)25-16(22)19-10-12-8-11(6-7-14(12)23-4)9-13(20-18)15(21)24-5/h6-8H,9-10H2,1-5H3,(H,19,22). The molecule has 25 heavy (non-hydrogen) atoms. The second kappa shape index (κ2) is 8.84. The highest BCUT2D eigenvalue weighted by molar-refractivity contribution is 6.34. The van der Waals surface area contributed by atoms with Crippen LogP contribution >= 0.6 is 0 Å². The maximum absolute atomic E-state index is 11.8. The monoisotopic (exact) mass is 349 g/mol. The minimum Gasteiger partial charge on any atom is -0.496 e. The van der Waals surface area contributed by atoms with Gasteiger partial charge in [-0.3, -0.25) is 0 Å². The molecule has 1 N–H and O–H groups in total. The van der Waals surface area contributed by atoms with Gasteiger partial charge in [-0.2, -0.15) is 4.79 Å². The van der Waals surface area contributed by atoms with E-state index in [2.05, 4.69) is 14.8 Å². The number of esters is 1. The third-order valence-corrected chi connectivity index (χ3v) is 3.08. The summed E-state index contributed by atoms with van der Waals surface area (Å²) in [5.74, 6) is -0.146. The van der Waals surface area contributed by atoms with Crippen LogP contribution in [0, 0.1) is 0 Å². The van der Waals surface area contributed by atoms with Crippen molar-refractivity contribution in [3.63, 3.8) is 0 Å². The molecule has 1 aromatic carbocycles. The molecule has 1 rings (SSSR count). The van der Waals surface area contributed by atoms with Crippen LogP contribution in [0.1, 0.15) is 31.9 Å². The topological polar surface area (TPSA) is 110 Å². The number of ether oxygens (including phenoxy) is 3. The highest BCUT2D eigenvalue weighted by Crippen LogP contribution is 2.20. The van der Waals surface area contributed by atoms with Gasteiger partial charge in [0.05, 0.1) is 20.6 Å². The molecular weight excluding hydrogens is 326 g/mol. The Bertz CT molecular complexity index is 688. The number of nitrogens with one attached hydrogen (secondary N) is 1. The van der Waals surface area contributed by atoms with E-state index in [-0.39, 0.29) is 18.7 Å². The van der Waals surface area contributed by atoms with E-state index in [1.807, 2.05) is 0 Å². The zero-order valence-corrected chi connectivity index (χ0v) is 15.1. The van der Waals surface area contributed by atoms with E-state index in [1.54, 1.807) is 39.0 Å². The zero-order valence-electron chi connectivity index (χ0n) is 15.1. The van der Waals surface area contributed by atoms with Gasteiger partial charge in [0.1, 0.15) is 11.4 Å². The summed E-state index contributed by atoms with van der Waals surface area (Å²) in [6, 6.07) is 5.17. The van der Waals surface area contributed by atoms with E-state index in [1.165, 1.54) is 14.2 Å². The van der Waals surface area contributed by atoms with Crippen molar-refractivity contribution >= 4 is 17.8 Å². The van der Waals surface area contributed by atoms with E-state index >= 15 is 0 Å². The van der Waals surface area contributed by atoms with Crippen molar-refractivity contribution in [2.24, 2.45) is 0 Å². The highest BCUT2D eigenvalue weighted by atomic mass is 16.6. The van der Waals surface area contributed by atoms with Gasteiger partial charge >= 0.3 is 17.8 Å². The van der Waals surface area contributed by atoms with Gasteiger partial charge < -0.3 is 25.1 Å². The first-order valence-electron chi connectivity index (χ1n) is 7.62. The summed E-state index contributed by atoms with van der Waals surface area (Å²) in [7, 11) is 2.72. The third kappa shape index (κ3) is 6.64. The Hall–Kier alpha value is -2.86. The minimum atomic E-state index is -0.716. The summed E-state index contributed by atoms with van der Waals surface area (Å²) in [6.45, 7) is 5.50. The largest absolute Gasteiger partial charge is 0.496 e. The number of nitrogens with zero attached hydrogens (tertiary/aromatic N) is 2. The van der Waals surface area contributed by atoms with Crippen LogP contribution in [0.15, 0.2) is 18.2 Å². The van der Waals surface area contributed by atoms with Crippen LogP contribution in [0.4, 0.5) is 4.79 Å². The lowest BCUT2D eigenvalue weighted by Crippen LogP contribution is -2.32. The molecule has 8 nitrogen and oxygen atoms in total. The Labute approximate surface area is 146 Å². The molecule has 0 aromatic heterocycles. The smallest absolute Gasteiger partial charge is 0.416 e. The molecule has 0 unspecified atom stereocenters. The number of alkyl carbamates (subject to hydrolysis) is 1. The molecule has 136 valence electrons. The van der Waals surface area contributed by atoms with Crippen LogP contribution in [0.3, 0.4) is 0 Å². The van der Waals surface area contributed by atoms with Gasteiger partial charge in [0.25, 0.3) is 0 Å². The number of rotatable bonds is 6. The Morgan fingerprint density at radius 3 is 2.44 bits per heavy atom. The van der Waals surface area contributed by atoms with Crippen LogP contribution in [-0.4, -0.2) is 42.4 Å². The molecule has 0 spiro atoms. The van der Waals surface area contributed by atoms with Crippen LogP contribution in [-0.2, 0) is 27.2 Å².